The molecule has 0 aliphatic carbocycles. The van der Waals surface area contributed by atoms with Gasteiger partial charge < -0.3 is 15.7 Å². The van der Waals surface area contributed by atoms with Crippen molar-refractivity contribution in [1.82, 2.24) is 10.6 Å². The summed E-state index contributed by atoms with van der Waals surface area (Å²) >= 11 is 1.44. The van der Waals surface area contributed by atoms with Gasteiger partial charge in [0, 0.05) is 13.1 Å². The van der Waals surface area contributed by atoms with Gasteiger partial charge in [0.2, 0.25) is 0 Å². The summed E-state index contributed by atoms with van der Waals surface area (Å²) < 4.78 is 12.7. The summed E-state index contributed by atoms with van der Waals surface area (Å²) in [5, 5.41) is 18.2. The predicted octanol–water partition coefficient (Wildman–Crippen LogP) is 1.35. The third kappa shape index (κ3) is 4.64. The average molecular weight is 322 g/mol. The number of aliphatic hydroxyl groups excluding tert-OH is 1. The molecule has 2 rings (SSSR count). The molecule has 3 N–H and O–H groups in total. The van der Waals surface area contributed by atoms with E-state index in [2.05, 4.69) is 10.6 Å². The second kappa shape index (κ2) is 7.67. The van der Waals surface area contributed by atoms with Gasteiger partial charge in [-0.1, -0.05) is 12.1 Å². The summed E-state index contributed by atoms with van der Waals surface area (Å²) in [7, 11) is 0. The van der Waals surface area contributed by atoms with Crippen LogP contribution >= 0.6 is 11.3 Å². The fourth-order valence-corrected chi connectivity index (χ4v) is 2.42. The predicted molar refractivity (Wildman–Crippen MR) is 80.5 cm³/mol. The van der Waals surface area contributed by atoms with Crippen LogP contribution in [0.4, 0.5) is 4.39 Å². The number of aliphatic hydroxyl groups is 1. The Kier molecular flexibility index (Phi) is 5.62. The first kappa shape index (κ1) is 16.1. The van der Waals surface area contributed by atoms with Gasteiger partial charge in [0.15, 0.2) is 0 Å². The number of rotatable bonds is 5. The SMILES string of the molecule is O=C(NCc1ccc(F)cc1)C(=O)NCC(O)c1ccsc1. The van der Waals surface area contributed by atoms with Crippen molar-refractivity contribution in [2.45, 2.75) is 12.6 Å². The Labute approximate surface area is 130 Å². The Bertz CT molecular complexity index is 629. The molecule has 0 saturated heterocycles. The Morgan fingerprint density at radius 1 is 1.14 bits per heavy atom. The first-order valence-corrected chi connectivity index (χ1v) is 7.51. The summed E-state index contributed by atoms with van der Waals surface area (Å²) in [5.41, 5.74) is 1.37. The highest BCUT2D eigenvalue weighted by molar-refractivity contribution is 7.07. The lowest BCUT2D eigenvalue weighted by molar-refractivity contribution is -0.139. The second-order valence-electron chi connectivity index (χ2n) is 4.59. The first-order valence-electron chi connectivity index (χ1n) is 6.57. The van der Waals surface area contributed by atoms with E-state index in [-0.39, 0.29) is 18.9 Å². The second-order valence-corrected chi connectivity index (χ2v) is 5.37. The molecule has 1 aromatic heterocycles. The Morgan fingerprint density at radius 2 is 1.82 bits per heavy atom. The molecule has 0 fully saturated rings. The van der Waals surface area contributed by atoms with E-state index in [1.165, 1.54) is 35.6 Å². The van der Waals surface area contributed by atoms with Gasteiger partial charge in [-0.05, 0) is 40.1 Å². The fourth-order valence-electron chi connectivity index (χ4n) is 1.72. The van der Waals surface area contributed by atoms with E-state index in [0.717, 1.165) is 0 Å². The maximum absolute atomic E-state index is 12.7. The normalized spacial score (nSPS) is 11.7. The number of amides is 2. The molecule has 7 heteroatoms. The van der Waals surface area contributed by atoms with Crippen molar-refractivity contribution in [2.24, 2.45) is 0 Å². The molecule has 1 aromatic carbocycles. The summed E-state index contributed by atoms with van der Waals surface area (Å²) in [6.45, 7) is 0.0825. The summed E-state index contributed by atoms with van der Waals surface area (Å²) in [5.74, 6) is -1.99. The van der Waals surface area contributed by atoms with Crippen LogP contribution in [0.1, 0.15) is 17.2 Å². The van der Waals surface area contributed by atoms with E-state index in [9.17, 15) is 19.1 Å². The molecule has 1 heterocycles. The molecule has 2 amide bonds. The quantitative estimate of drug-likeness (QED) is 0.727. The standard InChI is InChI=1S/C15H15FN2O3S/c16-12-3-1-10(2-4-12)7-17-14(20)15(21)18-8-13(19)11-5-6-22-9-11/h1-6,9,13,19H,7-8H2,(H,17,20)(H,18,21). The molecular formula is C15H15FN2O3S. The van der Waals surface area contributed by atoms with E-state index in [1.54, 1.807) is 11.4 Å². The maximum atomic E-state index is 12.7. The Morgan fingerprint density at radius 3 is 2.45 bits per heavy atom. The summed E-state index contributed by atoms with van der Waals surface area (Å²) in [4.78, 5) is 23.2. The highest BCUT2D eigenvalue weighted by Gasteiger charge is 2.15. The van der Waals surface area contributed by atoms with Crippen LogP contribution in [0.5, 0.6) is 0 Å². The minimum Gasteiger partial charge on any atom is -0.387 e. The highest BCUT2D eigenvalue weighted by atomic mass is 32.1. The molecule has 0 radical (unpaired) electrons. The van der Waals surface area contributed by atoms with Crippen molar-refractivity contribution in [2.75, 3.05) is 6.54 Å². The van der Waals surface area contributed by atoms with Gasteiger partial charge in [-0.2, -0.15) is 11.3 Å². The fraction of sp³-hybridized carbons (Fsp3) is 0.200. The lowest BCUT2D eigenvalue weighted by Crippen LogP contribution is -2.41. The van der Waals surface area contributed by atoms with E-state index in [4.69, 9.17) is 0 Å². The first-order chi connectivity index (χ1) is 10.6. The summed E-state index contributed by atoms with van der Waals surface area (Å²) in [6.07, 6.45) is -0.847. The number of halogens is 1. The number of benzene rings is 1. The van der Waals surface area contributed by atoms with Crippen LogP contribution in [0.15, 0.2) is 41.1 Å². The minimum atomic E-state index is -0.847. The topological polar surface area (TPSA) is 78.4 Å². The largest absolute Gasteiger partial charge is 0.387 e. The van der Waals surface area contributed by atoms with Crippen molar-refractivity contribution < 1.29 is 19.1 Å². The van der Waals surface area contributed by atoms with Gasteiger partial charge in [-0.15, -0.1) is 0 Å². The van der Waals surface area contributed by atoms with Crippen molar-refractivity contribution >= 4 is 23.2 Å². The van der Waals surface area contributed by atoms with E-state index in [1.807, 2.05) is 5.38 Å². The van der Waals surface area contributed by atoms with Gasteiger partial charge in [0.1, 0.15) is 5.82 Å². The Hall–Kier alpha value is -2.25. The number of thiophene rings is 1. The van der Waals surface area contributed by atoms with Crippen LogP contribution in [0.25, 0.3) is 0 Å². The number of nitrogens with one attached hydrogen (secondary N) is 2. The van der Waals surface area contributed by atoms with Crippen LogP contribution in [0, 0.1) is 5.82 Å². The van der Waals surface area contributed by atoms with Crippen LogP contribution in [-0.2, 0) is 16.1 Å². The lowest BCUT2D eigenvalue weighted by atomic mass is 10.2. The molecule has 0 aliphatic heterocycles. The van der Waals surface area contributed by atoms with Gasteiger partial charge in [0.25, 0.3) is 0 Å². The number of carbonyl (C=O) groups is 2. The van der Waals surface area contributed by atoms with Gasteiger partial charge >= 0.3 is 11.8 Å². The van der Waals surface area contributed by atoms with E-state index < -0.39 is 17.9 Å². The number of hydrogen-bond donors (Lipinski definition) is 3. The van der Waals surface area contributed by atoms with Gasteiger partial charge in [-0.3, -0.25) is 9.59 Å². The molecule has 5 nitrogen and oxygen atoms in total. The summed E-state index contributed by atoms with van der Waals surface area (Å²) in [6, 6.07) is 7.34. The molecule has 0 aliphatic rings. The van der Waals surface area contributed by atoms with Crippen LogP contribution < -0.4 is 10.6 Å². The molecule has 2 aromatic rings. The third-order valence-corrected chi connectivity index (χ3v) is 3.66. The average Bonchev–Trinajstić information content (AvgIpc) is 3.06. The minimum absolute atomic E-state index is 0.0421. The van der Waals surface area contributed by atoms with Gasteiger partial charge in [-0.25, -0.2) is 4.39 Å². The van der Waals surface area contributed by atoms with Crippen molar-refractivity contribution in [3.63, 3.8) is 0 Å². The zero-order valence-electron chi connectivity index (χ0n) is 11.6. The smallest absolute Gasteiger partial charge is 0.309 e. The van der Waals surface area contributed by atoms with E-state index in [0.29, 0.717) is 11.1 Å². The zero-order valence-corrected chi connectivity index (χ0v) is 12.4. The zero-order chi connectivity index (χ0) is 15.9. The molecule has 1 unspecified atom stereocenters. The third-order valence-electron chi connectivity index (χ3n) is 2.96. The van der Waals surface area contributed by atoms with Crippen LogP contribution in [0.3, 0.4) is 0 Å². The maximum Gasteiger partial charge on any atom is 0.309 e. The molecular weight excluding hydrogens is 307 g/mol. The molecule has 1 atom stereocenters. The van der Waals surface area contributed by atoms with Crippen LogP contribution in [-0.4, -0.2) is 23.5 Å². The van der Waals surface area contributed by atoms with E-state index >= 15 is 0 Å². The van der Waals surface area contributed by atoms with Crippen molar-refractivity contribution in [3.05, 3.63) is 58.0 Å². The van der Waals surface area contributed by atoms with Crippen LogP contribution in [0.2, 0.25) is 0 Å². The molecule has 0 bridgehead atoms. The lowest BCUT2D eigenvalue weighted by Gasteiger charge is -2.10. The molecule has 0 saturated carbocycles. The number of hydrogen-bond acceptors (Lipinski definition) is 4. The Balaban J connectivity index is 1.75. The molecule has 116 valence electrons. The monoisotopic (exact) mass is 322 g/mol. The number of carbonyl (C=O) groups excluding carboxylic acids is 2. The van der Waals surface area contributed by atoms with Crippen molar-refractivity contribution in [1.29, 1.82) is 0 Å². The molecule has 0 spiro atoms. The molecule has 22 heavy (non-hydrogen) atoms. The van der Waals surface area contributed by atoms with Crippen molar-refractivity contribution in [3.8, 4) is 0 Å². The highest BCUT2D eigenvalue weighted by Crippen LogP contribution is 2.14. The van der Waals surface area contributed by atoms with Gasteiger partial charge in [0.05, 0.1) is 6.10 Å².